The van der Waals surface area contributed by atoms with Gasteiger partial charge in [0.2, 0.25) is 5.91 Å². The van der Waals surface area contributed by atoms with Crippen molar-refractivity contribution in [1.82, 2.24) is 15.1 Å². The lowest BCUT2D eigenvalue weighted by Gasteiger charge is -2.34. The van der Waals surface area contributed by atoms with Gasteiger partial charge in [0.05, 0.1) is 6.61 Å². The minimum atomic E-state index is -1.13. The van der Waals surface area contributed by atoms with E-state index in [4.69, 9.17) is 10.5 Å². The molecule has 8 heteroatoms. The molecule has 1 atom stereocenters. The molecule has 0 aromatic carbocycles. The van der Waals surface area contributed by atoms with Gasteiger partial charge >= 0.3 is 0 Å². The van der Waals surface area contributed by atoms with Gasteiger partial charge in [0.25, 0.3) is 5.91 Å². The highest BCUT2D eigenvalue weighted by molar-refractivity contribution is 9.10. The Morgan fingerprint density at radius 2 is 2.37 bits per heavy atom. The van der Waals surface area contributed by atoms with E-state index in [1.54, 1.807) is 13.1 Å². The topological polar surface area (TPSA) is 99.2 Å². The molecule has 1 unspecified atom stereocenters. The van der Waals surface area contributed by atoms with Gasteiger partial charge in [-0.15, -0.1) is 0 Å². The van der Waals surface area contributed by atoms with Gasteiger partial charge in [0, 0.05) is 19.7 Å². The molecule has 0 bridgehead atoms. The second-order valence-electron chi connectivity index (χ2n) is 4.53. The summed E-state index contributed by atoms with van der Waals surface area (Å²) in [4.78, 5) is 23.8. The number of rotatable bonds is 3. The number of nitrogens with zero attached hydrogens (tertiary/aromatic N) is 2. The van der Waals surface area contributed by atoms with Gasteiger partial charge in [-0.3, -0.25) is 14.3 Å². The maximum Gasteiger partial charge on any atom is 0.270 e. The number of nitrogens with one attached hydrogen (secondary N) is 1. The summed E-state index contributed by atoms with van der Waals surface area (Å²) in [6.07, 6.45) is 1.16. The fourth-order valence-electron chi connectivity index (χ4n) is 2.08. The van der Waals surface area contributed by atoms with E-state index in [-0.39, 0.29) is 6.61 Å². The van der Waals surface area contributed by atoms with Crippen molar-refractivity contribution in [3.8, 4) is 0 Å². The first kappa shape index (κ1) is 14.0. The quantitative estimate of drug-likeness (QED) is 0.811. The van der Waals surface area contributed by atoms with Crippen LogP contribution in [0.2, 0.25) is 0 Å². The molecule has 1 fully saturated rings. The predicted molar refractivity (Wildman–Crippen MR) is 70.4 cm³/mol. The van der Waals surface area contributed by atoms with Crippen LogP contribution in [-0.2, 0) is 16.6 Å². The summed E-state index contributed by atoms with van der Waals surface area (Å²) >= 11 is 3.19. The summed E-state index contributed by atoms with van der Waals surface area (Å²) in [5.74, 6) is -0.980. The highest BCUT2D eigenvalue weighted by Crippen LogP contribution is 2.20. The minimum absolute atomic E-state index is 0.104. The molecule has 0 spiro atoms. The lowest BCUT2D eigenvalue weighted by molar-refractivity contribution is -0.129. The van der Waals surface area contributed by atoms with E-state index in [2.05, 4.69) is 26.3 Å². The SMILES string of the molecule is Cn1nc(Br)cc1C(=O)NC1(C(N)=O)CCCOC1. The standard InChI is InChI=1S/C11H15BrN4O3/c1-16-7(5-8(12)15-16)9(17)14-11(10(13)18)3-2-4-19-6-11/h5H,2-4,6H2,1H3,(H2,13,18)(H,14,17). The number of carbonyl (C=O) groups excluding carboxylic acids is 2. The second kappa shape index (κ2) is 5.30. The number of aromatic nitrogens is 2. The molecule has 1 aromatic rings. The number of hydrogen-bond acceptors (Lipinski definition) is 4. The van der Waals surface area contributed by atoms with Crippen LogP contribution in [0.1, 0.15) is 23.3 Å². The molecule has 2 rings (SSSR count). The summed E-state index contributed by atoms with van der Waals surface area (Å²) in [6, 6.07) is 1.58. The summed E-state index contributed by atoms with van der Waals surface area (Å²) < 4.78 is 7.25. The van der Waals surface area contributed by atoms with Crippen LogP contribution in [-0.4, -0.2) is 40.3 Å². The number of aryl methyl sites for hydroxylation is 1. The normalized spacial score (nSPS) is 23.1. The Morgan fingerprint density at radius 3 is 2.84 bits per heavy atom. The van der Waals surface area contributed by atoms with Crippen LogP contribution in [0.3, 0.4) is 0 Å². The maximum atomic E-state index is 12.2. The van der Waals surface area contributed by atoms with Gasteiger partial charge in [-0.25, -0.2) is 0 Å². The Labute approximate surface area is 118 Å². The number of nitrogens with two attached hydrogens (primary N) is 1. The van der Waals surface area contributed by atoms with Gasteiger partial charge in [-0.2, -0.15) is 5.10 Å². The molecule has 1 aromatic heterocycles. The third kappa shape index (κ3) is 2.79. The van der Waals surface area contributed by atoms with E-state index in [1.807, 2.05) is 0 Å². The highest BCUT2D eigenvalue weighted by atomic mass is 79.9. The number of carbonyl (C=O) groups is 2. The summed E-state index contributed by atoms with van der Waals surface area (Å²) in [5, 5.41) is 6.70. The second-order valence-corrected chi connectivity index (χ2v) is 5.35. The lowest BCUT2D eigenvalue weighted by Crippen LogP contribution is -2.62. The zero-order chi connectivity index (χ0) is 14.0. The van der Waals surface area contributed by atoms with Crippen molar-refractivity contribution in [2.24, 2.45) is 12.8 Å². The molecule has 2 heterocycles. The molecule has 1 saturated heterocycles. The van der Waals surface area contributed by atoms with E-state index >= 15 is 0 Å². The third-order valence-corrected chi connectivity index (χ3v) is 3.54. The van der Waals surface area contributed by atoms with Crippen LogP contribution >= 0.6 is 15.9 Å². The molecule has 0 aliphatic carbocycles. The lowest BCUT2D eigenvalue weighted by atomic mass is 9.91. The molecule has 19 heavy (non-hydrogen) atoms. The average molecular weight is 331 g/mol. The van der Waals surface area contributed by atoms with Crippen molar-refractivity contribution in [2.75, 3.05) is 13.2 Å². The van der Waals surface area contributed by atoms with Crippen LogP contribution in [0.5, 0.6) is 0 Å². The number of halogens is 1. The van der Waals surface area contributed by atoms with Crippen molar-refractivity contribution in [2.45, 2.75) is 18.4 Å². The van der Waals surface area contributed by atoms with Gasteiger partial charge in [0.15, 0.2) is 0 Å². The van der Waals surface area contributed by atoms with E-state index in [1.165, 1.54) is 4.68 Å². The minimum Gasteiger partial charge on any atom is -0.378 e. The first-order valence-corrected chi connectivity index (χ1v) is 6.64. The molecule has 1 aliphatic heterocycles. The molecule has 0 saturated carbocycles. The zero-order valence-corrected chi connectivity index (χ0v) is 12.1. The van der Waals surface area contributed by atoms with Gasteiger partial charge in [-0.05, 0) is 28.8 Å². The third-order valence-electron chi connectivity index (χ3n) is 3.15. The molecular formula is C11H15BrN4O3. The fraction of sp³-hybridized carbons (Fsp3) is 0.545. The van der Waals surface area contributed by atoms with Crippen molar-refractivity contribution >= 4 is 27.7 Å². The first-order valence-electron chi connectivity index (χ1n) is 5.84. The Morgan fingerprint density at radius 1 is 1.63 bits per heavy atom. The summed E-state index contributed by atoms with van der Waals surface area (Å²) in [5.41, 5.74) is 4.62. The van der Waals surface area contributed by atoms with Crippen molar-refractivity contribution in [3.05, 3.63) is 16.4 Å². The first-order chi connectivity index (χ1) is 8.94. The van der Waals surface area contributed by atoms with Gasteiger partial charge in [-0.1, -0.05) is 0 Å². The summed E-state index contributed by atoms with van der Waals surface area (Å²) in [7, 11) is 1.65. The van der Waals surface area contributed by atoms with Crippen LogP contribution in [0.4, 0.5) is 0 Å². The molecule has 2 amide bonds. The van der Waals surface area contributed by atoms with E-state index in [9.17, 15) is 9.59 Å². The Kier molecular flexibility index (Phi) is 3.91. The monoisotopic (exact) mass is 330 g/mol. The van der Waals surface area contributed by atoms with E-state index < -0.39 is 17.4 Å². The van der Waals surface area contributed by atoms with E-state index in [0.717, 1.165) is 0 Å². The van der Waals surface area contributed by atoms with Gasteiger partial charge < -0.3 is 15.8 Å². The van der Waals surface area contributed by atoms with Crippen molar-refractivity contribution < 1.29 is 14.3 Å². The van der Waals surface area contributed by atoms with Crippen LogP contribution < -0.4 is 11.1 Å². The Hall–Kier alpha value is -1.41. The number of primary amides is 1. The van der Waals surface area contributed by atoms with Crippen LogP contribution in [0.15, 0.2) is 10.7 Å². The zero-order valence-electron chi connectivity index (χ0n) is 10.5. The smallest absolute Gasteiger partial charge is 0.270 e. The van der Waals surface area contributed by atoms with Crippen molar-refractivity contribution in [1.29, 1.82) is 0 Å². The number of ether oxygens (including phenoxy) is 1. The summed E-state index contributed by atoms with van der Waals surface area (Å²) in [6.45, 7) is 0.676. The van der Waals surface area contributed by atoms with Crippen molar-refractivity contribution in [3.63, 3.8) is 0 Å². The molecule has 104 valence electrons. The molecule has 7 nitrogen and oxygen atoms in total. The molecule has 1 aliphatic rings. The van der Waals surface area contributed by atoms with Crippen LogP contribution in [0, 0.1) is 0 Å². The molecular weight excluding hydrogens is 316 g/mol. The highest BCUT2D eigenvalue weighted by Gasteiger charge is 2.40. The van der Waals surface area contributed by atoms with E-state index in [0.29, 0.717) is 29.7 Å². The average Bonchev–Trinajstić information content (AvgIpc) is 2.69. The Bertz CT molecular complexity index is 508. The molecule has 0 radical (unpaired) electrons. The van der Waals surface area contributed by atoms with Crippen LogP contribution in [0.25, 0.3) is 0 Å². The fourth-order valence-corrected chi connectivity index (χ4v) is 2.53. The maximum absolute atomic E-state index is 12.2. The molecule has 3 N–H and O–H groups in total. The number of amides is 2. The number of hydrogen-bond donors (Lipinski definition) is 2. The largest absolute Gasteiger partial charge is 0.378 e. The van der Waals surface area contributed by atoms with Gasteiger partial charge in [0.1, 0.15) is 15.8 Å². The Balaban J connectivity index is 2.20. The predicted octanol–water partition coefficient (Wildman–Crippen LogP) is -0.0531.